The quantitative estimate of drug-likeness (QED) is 0.740. The summed E-state index contributed by atoms with van der Waals surface area (Å²) in [5, 5.41) is 3.00. The number of nitrogens with one attached hydrogen (secondary N) is 1. The van der Waals surface area contributed by atoms with E-state index in [1.54, 1.807) is 0 Å². The second-order valence-electron chi connectivity index (χ2n) is 5.78. The summed E-state index contributed by atoms with van der Waals surface area (Å²) < 4.78 is 0. The summed E-state index contributed by atoms with van der Waals surface area (Å²) in [6.45, 7) is 4.82. The van der Waals surface area contributed by atoms with Gasteiger partial charge in [-0.05, 0) is 24.2 Å². The Bertz CT molecular complexity index is 222. The highest BCUT2D eigenvalue weighted by molar-refractivity contribution is 6.18. The monoisotopic (exact) mass is 245 g/mol. The van der Waals surface area contributed by atoms with E-state index in [1.165, 1.54) is 32.1 Å². The Hall–Kier alpha value is -0.240. The number of hydrogen-bond acceptors (Lipinski definition) is 1. The lowest BCUT2D eigenvalue weighted by molar-refractivity contribution is -0.122. The standard InChI is InChI=1S/C13H24ClNO/c1-13(2,9-14)10-15-12(16)8-11-6-4-3-5-7-11/h11H,3-10H2,1-2H3,(H,15,16). The van der Waals surface area contributed by atoms with E-state index >= 15 is 0 Å². The van der Waals surface area contributed by atoms with Gasteiger partial charge in [0.25, 0.3) is 0 Å². The molecular weight excluding hydrogens is 222 g/mol. The van der Waals surface area contributed by atoms with Crippen molar-refractivity contribution in [1.29, 1.82) is 0 Å². The van der Waals surface area contributed by atoms with E-state index in [0.29, 0.717) is 24.8 Å². The number of carbonyl (C=O) groups is 1. The van der Waals surface area contributed by atoms with E-state index < -0.39 is 0 Å². The summed E-state index contributed by atoms with van der Waals surface area (Å²) in [6.07, 6.45) is 7.10. The SMILES string of the molecule is CC(C)(CCl)CNC(=O)CC1CCCCC1. The summed E-state index contributed by atoms with van der Waals surface area (Å²) >= 11 is 5.82. The lowest BCUT2D eigenvalue weighted by Gasteiger charge is -2.24. The van der Waals surface area contributed by atoms with Crippen LogP contribution in [0.3, 0.4) is 0 Å². The maximum Gasteiger partial charge on any atom is 0.220 e. The molecule has 0 aromatic carbocycles. The Morgan fingerprint density at radius 2 is 1.94 bits per heavy atom. The largest absolute Gasteiger partial charge is 0.356 e. The average Bonchev–Trinajstić information content (AvgIpc) is 2.28. The molecule has 94 valence electrons. The van der Waals surface area contributed by atoms with Crippen molar-refractivity contribution in [2.75, 3.05) is 12.4 Å². The van der Waals surface area contributed by atoms with Crippen molar-refractivity contribution in [1.82, 2.24) is 5.32 Å². The lowest BCUT2D eigenvalue weighted by Crippen LogP contribution is -2.35. The van der Waals surface area contributed by atoms with E-state index in [4.69, 9.17) is 11.6 Å². The molecule has 0 heterocycles. The van der Waals surface area contributed by atoms with Crippen LogP contribution in [-0.2, 0) is 4.79 Å². The van der Waals surface area contributed by atoms with Gasteiger partial charge in [-0.25, -0.2) is 0 Å². The van der Waals surface area contributed by atoms with Crippen LogP contribution in [0.1, 0.15) is 52.4 Å². The molecule has 1 saturated carbocycles. The predicted molar refractivity (Wildman–Crippen MR) is 68.7 cm³/mol. The zero-order valence-corrected chi connectivity index (χ0v) is 11.3. The molecule has 0 aromatic rings. The van der Waals surface area contributed by atoms with Gasteiger partial charge in [-0.15, -0.1) is 11.6 Å². The Kier molecular flexibility index (Phi) is 5.60. The first kappa shape index (κ1) is 13.8. The van der Waals surface area contributed by atoms with Crippen LogP contribution >= 0.6 is 11.6 Å². The highest BCUT2D eigenvalue weighted by Gasteiger charge is 2.20. The maximum atomic E-state index is 11.7. The number of amides is 1. The molecule has 3 heteroatoms. The zero-order valence-electron chi connectivity index (χ0n) is 10.5. The number of halogens is 1. The summed E-state index contributed by atoms with van der Waals surface area (Å²) in [5.74, 6) is 1.40. The Labute approximate surface area is 104 Å². The molecule has 1 rings (SSSR count). The molecule has 16 heavy (non-hydrogen) atoms. The van der Waals surface area contributed by atoms with E-state index in [1.807, 2.05) is 0 Å². The highest BCUT2D eigenvalue weighted by atomic mass is 35.5. The smallest absolute Gasteiger partial charge is 0.220 e. The van der Waals surface area contributed by atoms with Crippen LogP contribution in [0.2, 0.25) is 0 Å². The van der Waals surface area contributed by atoms with E-state index in [9.17, 15) is 4.79 Å². The molecule has 1 aliphatic carbocycles. The minimum atomic E-state index is 0.00375. The molecule has 0 aromatic heterocycles. The number of alkyl halides is 1. The third-order valence-corrected chi connectivity index (χ3v) is 4.05. The van der Waals surface area contributed by atoms with Gasteiger partial charge < -0.3 is 5.32 Å². The first-order chi connectivity index (χ1) is 7.53. The molecule has 0 spiro atoms. The van der Waals surface area contributed by atoms with Gasteiger partial charge in [-0.2, -0.15) is 0 Å². The van der Waals surface area contributed by atoms with Crippen LogP contribution in [0.25, 0.3) is 0 Å². The van der Waals surface area contributed by atoms with E-state index in [2.05, 4.69) is 19.2 Å². The van der Waals surface area contributed by atoms with Crippen LogP contribution in [0.5, 0.6) is 0 Å². The summed E-state index contributed by atoms with van der Waals surface area (Å²) in [6, 6.07) is 0. The molecular formula is C13H24ClNO. The molecule has 0 bridgehead atoms. The van der Waals surface area contributed by atoms with Crippen LogP contribution in [0.4, 0.5) is 0 Å². The second kappa shape index (κ2) is 6.48. The van der Waals surface area contributed by atoms with Crippen molar-refractivity contribution < 1.29 is 4.79 Å². The fourth-order valence-corrected chi connectivity index (χ4v) is 2.21. The van der Waals surface area contributed by atoms with Crippen LogP contribution in [0.15, 0.2) is 0 Å². The van der Waals surface area contributed by atoms with E-state index in [-0.39, 0.29) is 11.3 Å². The maximum absolute atomic E-state index is 11.7. The highest BCUT2D eigenvalue weighted by Crippen LogP contribution is 2.26. The predicted octanol–water partition coefficient (Wildman–Crippen LogP) is 3.34. The first-order valence-corrected chi connectivity index (χ1v) is 6.89. The first-order valence-electron chi connectivity index (χ1n) is 6.36. The van der Waals surface area contributed by atoms with Crippen molar-refractivity contribution in [3.8, 4) is 0 Å². The molecule has 2 nitrogen and oxygen atoms in total. The van der Waals surface area contributed by atoms with Gasteiger partial charge in [0.15, 0.2) is 0 Å². The molecule has 0 radical (unpaired) electrons. The molecule has 1 fully saturated rings. The lowest BCUT2D eigenvalue weighted by atomic mass is 9.86. The number of carbonyl (C=O) groups excluding carboxylic acids is 1. The van der Waals surface area contributed by atoms with Gasteiger partial charge in [0.05, 0.1) is 0 Å². The molecule has 1 amide bonds. The third-order valence-electron chi connectivity index (χ3n) is 3.32. The number of hydrogen-bond donors (Lipinski definition) is 1. The minimum Gasteiger partial charge on any atom is -0.356 e. The van der Waals surface area contributed by atoms with Crippen LogP contribution in [-0.4, -0.2) is 18.3 Å². The van der Waals surface area contributed by atoms with Crippen molar-refractivity contribution in [3.05, 3.63) is 0 Å². The van der Waals surface area contributed by atoms with Crippen molar-refractivity contribution >= 4 is 17.5 Å². The third kappa shape index (κ3) is 5.20. The fourth-order valence-electron chi connectivity index (χ4n) is 2.11. The van der Waals surface area contributed by atoms with Gasteiger partial charge >= 0.3 is 0 Å². The van der Waals surface area contributed by atoms with Gasteiger partial charge in [0.1, 0.15) is 0 Å². The Morgan fingerprint density at radius 1 is 1.31 bits per heavy atom. The van der Waals surface area contributed by atoms with Gasteiger partial charge in [0, 0.05) is 18.8 Å². The normalized spacial score (nSPS) is 18.4. The van der Waals surface area contributed by atoms with Crippen LogP contribution in [0, 0.1) is 11.3 Å². The van der Waals surface area contributed by atoms with E-state index in [0.717, 1.165) is 0 Å². The molecule has 0 atom stereocenters. The summed E-state index contributed by atoms with van der Waals surface area (Å²) in [7, 11) is 0. The zero-order chi connectivity index (χ0) is 12.0. The Balaban J connectivity index is 2.19. The van der Waals surface area contributed by atoms with Crippen molar-refractivity contribution in [2.24, 2.45) is 11.3 Å². The molecule has 1 aliphatic rings. The fraction of sp³-hybridized carbons (Fsp3) is 0.923. The summed E-state index contributed by atoms with van der Waals surface area (Å²) in [5.41, 5.74) is 0.00375. The molecule has 1 N–H and O–H groups in total. The van der Waals surface area contributed by atoms with Gasteiger partial charge in [-0.1, -0.05) is 33.1 Å². The minimum absolute atomic E-state index is 0.00375. The average molecular weight is 246 g/mol. The topological polar surface area (TPSA) is 29.1 Å². The summed E-state index contributed by atoms with van der Waals surface area (Å²) in [4.78, 5) is 11.7. The van der Waals surface area contributed by atoms with Crippen molar-refractivity contribution in [3.63, 3.8) is 0 Å². The Morgan fingerprint density at radius 3 is 2.50 bits per heavy atom. The molecule has 0 aliphatic heterocycles. The molecule has 0 saturated heterocycles. The van der Waals surface area contributed by atoms with Gasteiger partial charge in [-0.3, -0.25) is 4.79 Å². The number of rotatable bonds is 5. The molecule has 0 unspecified atom stereocenters. The van der Waals surface area contributed by atoms with Crippen LogP contribution < -0.4 is 5.32 Å². The van der Waals surface area contributed by atoms with Crippen molar-refractivity contribution in [2.45, 2.75) is 52.4 Å². The second-order valence-corrected chi connectivity index (χ2v) is 6.05. The van der Waals surface area contributed by atoms with Gasteiger partial charge in [0.2, 0.25) is 5.91 Å².